The first-order chi connectivity index (χ1) is 8.99. The monoisotopic (exact) mass is 266 g/mol. The summed E-state index contributed by atoms with van der Waals surface area (Å²) in [4.78, 5) is 23.1. The fraction of sp³-hybridized carbons (Fsp3) is 0.385. The quantitative estimate of drug-likeness (QED) is 0.608. The maximum atomic E-state index is 11.8. The van der Waals surface area contributed by atoms with Crippen LogP contribution in [0.25, 0.3) is 0 Å². The fourth-order valence-electron chi connectivity index (χ4n) is 1.45. The Kier molecular flexibility index (Phi) is 5.32. The molecule has 6 nitrogen and oxygen atoms in total. The molecule has 0 saturated carbocycles. The van der Waals surface area contributed by atoms with Gasteiger partial charge in [-0.25, -0.2) is 4.79 Å². The van der Waals surface area contributed by atoms with E-state index in [1.807, 2.05) is 13.0 Å². The Balaban J connectivity index is 2.79. The summed E-state index contributed by atoms with van der Waals surface area (Å²) in [6.07, 6.45) is 0. The largest absolute Gasteiger partial charge is 0.495 e. The van der Waals surface area contributed by atoms with E-state index in [0.29, 0.717) is 11.4 Å². The van der Waals surface area contributed by atoms with Gasteiger partial charge in [0.2, 0.25) is 0 Å². The lowest BCUT2D eigenvalue weighted by molar-refractivity contribution is -0.146. The van der Waals surface area contributed by atoms with Gasteiger partial charge in [-0.15, -0.1) is 0 Å². The van der Waals surface area contributed by atoms with Gasteiger partial charge in [-0.3, -0.25) is 4.79 Å². The smallest absolute Gasteiger partial charge is 0.332 e. The van der Waals surface area contributed by atoms with Crippen LogP contribution in [0, 0.1) is 6.92 Å². The van der Waals surface area contributed by atoms with E-state index in [0.717, 1.165) is 5.56 Å². The van der Waals surface area contributed by atoms with E-state index in [1.54, 1.807) is 19.1 Å². The molecule has 0 bridgehead atoms. The second-order valence-electron chi connectivity index (χ2n) is 3.92. The van der Waals surface area contributed by atoms with Gasteiger partial charge in [-0.2, -0.15) is 0 Å². The van der Waals surface area contributed by atoms with Gasteiger partial charge < -0.3 is 20.5 Å². The van der Waals surface area contributed by atoms with Crippen molar-refractivity contribution in [2.75, 3.05) is 19.0 Å². The molecule has 0 aliphatic heterocycles. The number of carbonyl (C=O) groups excluding carboxylic acids is 2. The number of amides is 1. The molecule has 1 amide bonds. The Hall–Kier alpha value is -2.08. The molecular weight excluding hydrogens is 248 g/mol. The molecule has 0 heterocycles. The van der Waals surface area contributed by atoms with Gasteiger partial charge in [0, 0.05) is 0 Å². The Morgan fingerprint density at radius 1 is 1.42 bits per heavy atom. The van der Waals surface area contributed by atoms with Crippen LogP contribution in [0.1, 0.15) is 12.5 Å². The standard InChI is InChI=1S/C13H18N2O4/c1-4-19-13(17)11(14)12(16)15-9-6-5-8(2)7-10(9)18-3/h5-7,11H,4,14H2,1-3H3,(H,15,16). The number of anilines is 1. The maximum Gasteiger partial charge on any atom is 0.332 e. The van der Waals surface area contributed by atoms with Crippen molar-refractivity contribution in [3.05, 3.63) is 23.8 Å². The lowest BCUT2D eigenvalue weighted by Gasteiger charge is -2.14. The number of carbonyl (C=O) groups is 2. The van der Waals surface area contributed by atoms with E-state index >= 15 is 0 Å². The molecule has 1 unspecified atom stereocenters. The van der Waals surface area contributed by atoms with Gasteiger partial charge in [0.1, 0.15) is 5.75 Å². The molecule has 0 aliphatic rings. The van der Waals surface area contributed by atoms with E-state index in [1.165, 1.54) is 7.11 Å². The molecule has 104 valence electrons. The number of ether oxygens (including phenoxy) is 2. The van der Waals surface area contributed by atoms with Crippen LogP contribution in [-0.4, -0.2) is 31.6 Å². The zero-order valence-corrected chi connectivity index (χ0v) is 11.2. The second-order valence-corrected chi connectivity index (χ2v) is 3.92. The summed E-state index contributed by atoms with van der Waals surface area (Å²) in [6.45, 7) is 3.72. The third kappa shape index (κ3) is 3.96. The predicted molar refractivity (Wildman–Crippen MR) is 71.0 cm³/mol. The van der Waals surface area contributed by atoms with E-state index < -0.39 is 17.9 Å². The minimum absolute atomic E-state index is 0.174. The van der Waals surface area contributed by atoms with E-state index in [2.05, 4.69) is 10.1 Å². The van der Waals surface area contributed by atoms with Crippen LogP contribution in [0.2, 0.25) is 0 Å². The van der Waals surface area contributed by atoms with Gasteiger partial charge >= 0.3 is 5.97 Å². The van der Waals surface area contributed by atoms with Gasteiger partial charge in [0.25, 0.3) is 5.91 Å². The Morgan fingerprint density at radius 2 is 2.11 bits per heavy atom. The summed E-state index contributed by atoms with van der Waals surface area (Å²) in [5.41, 5.74) is 6.94. The van der Waals surface area contributed by atoms with Gasteiger partial charge in [-0.05, 0) is 31.5 Å². The summed E-state index contributed by atoms with van der Waals surface area (Å²) in [6, 6.07) is 3.91. The zero-order valence-electron chi connectivity index (χ0n) is 11.2. The number of aryl methyl sites for hydroxylation is 1. The Morgan fingerprint density at radius 3 is 2.68 bits per heavy atom. The molecule has 6 heteroatoms. The summed E-state index contributed by atoms with van der Waals surface area (Å²) in [5.74, 6) is -0.893. The molecule has 0 aliphatic carbocycles. The topological polar surface area (TPSA) is 90.7 Å². The third-order valence-corrected chi connectivity index (χ3v) is 2.44. The predicted octanol–water partition coefficient (Wildman–Crippen LogP) is 0.833. The number of hydrogen-bond acceptors (Lipinski definition) is 5. The van der Waals surface area contributed by atoms with E-state index in [-0.39, 0.29) is 6.61 Å². The third-order valence-electron chi connectivity index (χ3n) is 2.44. The maximum absolute atomic E-state index is 11.8. The minimum Gasteiger partial charge on any atom is -0.495 e. The van der Waals surface area contributed by atoms with Crippen molar-refractivity contribution in [3.63, 3.8) is 0 Å². The molecule has 0 fully saturated rings. The summed E-state index contributed by atoms with van der Waals surface area (Å²) < 4.78 is 9.83. The molecule has 0 spiro atoms. The summed E-state index contributed by atoms with van der Waals surface area (Å²) in [5, 5.41) is 2.54. The average Bonchev–Trinajstić information content (AvgIpc) is 2.39. The van der Waals surface area contributed by atoms with Gasteiger partial charge in [0.15, 0.2) is 6.04 Å². The number of nitrogens with one attached hydrogen (secondary N) is 1. The molecule has 0 radical (unpaired) electrons. The number of methoxy groups -OCH3 is 1. The molecular formula is C13H18N2O4. The zero-order chi connectivity index (χ0) is 14.4. The highest BCUT2D eigenvalue weighted by atomic mass is 16.5. The van der Waals surface area contributed by atoms with Crippen molar-refractivity contribution in [1.82, 2.24) is 0 Å². The van der Waals surface area contributed by atoms with Gasteiger partial charge in [0.05, 0.1) is 19.4 Å². The van der Waals surface area contributed by atoms with Crippen molar-refractivity contribution in [1.29, 1.82) is 0 Å². The first-order valence-corrected chi connectivity index (χ1v) is 5.87. The molecule has 0 aromatic heterocycles. The van der Waals surface area contributed by atoms with Crippen LogP contribution in [0.5, 0.6) is 5.75 Å². The number of nitrogens with two attached hydrogens (primary N) is 1. The summed E-state index contributed by atoms with van der Waals surface area (Å²) >= 11 is 0. The fourth-order valence-corrected chi connectivity index (χ4v) is 1.45. The van der Waals surface area contributed by atoms with Crippen LogP contribution in [0.15, 0.2) is 18.2 Å². The van der Waals surface area contributed by atoms with Crippen molar-refractivity contribution < 1.29 is 19.1 Å². The van der Waals surface area contributed by atoms with Crippen LogP contribution in [-0.2, 0) is 14.3 Å². The molecule has 1 aromatic carbocycles. The second kappa shape index (κ2) is 6.75. The molecule has 1 rings (SSSR count). The van der Waals surface area contributed by atoms with E-state index in [4.69, 9.17) is 10.5 Å². The molecule has 1 atom stereocenters. The lowest BCUT2D eigenvalue weighted by Crippen LogP contribution is -2.43. The highest BCUT2D eigenvalue weighted by molar-refractivity contribution is 6.08. The molecule has 0 saturated heterocycles. The molecule has 3 N–H and O–H groups in total. The van der Waals surface area contributed by atoms with Crippen molar-refractivity contribution >= 4 is 17.6 Å². The van der Waals surface area contributed by atoms with Crippen molar-refractivity contribution in [3.8, 4) is 5.75 Å². The van der Waals surface area contributed by atoms with Crippen molar-refractivity contribution in [2.24, 2.45) is 5.73 Å². The number of esters is 1. The van der Waals surface area contributed by atoms with Crippen LogP contribution in [0.3, 0.4) is 0 Å². The number of rotatable bonds is 5. The van der Waals surface area contributed by atoms with E-state index in [9.17, 15) is 9.59 Å². The van der Waals surface area contributed by atoms with Crippen LogP contribution in [0.4, 0.5) is 5.69 Å². The highest BCUT2D eigenvalue weighted by Crippen LogP contribution is 2.25. The highest BCUT2D eigenvalue weighted by Gasteiger charge is 2.24. The normalized spacial score (nSPS) is 11.6. The van der Waals surface area contributed by atoms with Crippen molar-refractivity contribution in [2.45, 2.75) is 19.9 Å². The molecule has 1 aromatic rings. The van der Waals surface area contributed by atoms with Crippen LogP contribution >= 0.6 is 0 Å². The van der Waals surface area contributed by atoms with Gasteiger partial charge in [-0.1, -0.05) is 6.07 Å². The first-order valence-electron chi connectivity index (χ1n) is 5.87. The van der Waals surface area contributed by atoms with Crippen LogP contribution < -0.4 is 15.8 Å². The first kappa shape index (κ1) is 15.0. The minimum atomic E-state index is -1.36. The Labute approximate surface area is 111 Å². The Bertz CT molecular complexity index is 474. The average molecular weight is 266 g/mol. The number of benzene rings is 1. The molecule has 19 heavy (non-hydrogen) atoms. The number of hydrogen-bond donors (Lipinski definition) is 2. The summed E-state index contributed by atoms with van der Waals surface area (Å²) in [7, 11) is 1.50. The lowest BCUT2D eigenvalue weighted by atomic mass is 10.2. The SMILES string of the molecule is CCOC(=O)C(N)C(=O)Nc1ccc(C)cc1OC.